The number of rotatable bonds is 2. The fourth-order valence-electron chi connectivity index (χ4n) is 11.6. The van der Waals surface area contributed by atoms with Gasteiger partial charge >= 0.3 is 5.97 Å². The number of carbonyl (C=O) groups is 1. The number of allylic oxidation sites excluding steroid dienone is 1. The monoisotopic (exact) mass is 468 g/mol. The molecule has 0 radical (unpaired) electrons. The third kappa shape index (κ3) is 3.01. The highest BCUT2D eigenvalue weighted by atomic mass is 16.5. The number of fused-ring (bicyclic) bond motifs is 7. The molecule has 0 N–H and O–H groups in total. The highest BCUT2D eigenvalue weighted by Gasteiger charge is 2.70. The van der Waals surface area contributed by atoms with Gasteiger partial charge in [-0.05, 0) is 109 Å². The zero-order chi connectivity index (χ0) is 24.9. The first kappa shape index (κ1) is 24.9. The molecule has 0 aliphatic heterocycles. The van der Waals surface area contributed by atoms with Crippen LogP contribution in [0.5, 0.6) is 0 Å². The predicted octanol–water partition coefficient (Wildman–Crippen LogP) is 8.60. The molecule has 0 bridgehead atoms. The minimum Gasteiger partial charge on any atom is -0.462 e. The number of esters is 1. The Morgan fingerprint density at radius 3 is 2.09 bits per heavy atom. The van der Waals surface area contributed by atoms with E-state index in [9.17, 15) is 4.79 Å². The molecule has 2 nitrogen and oxygen atoms in total. The molecule has 0 aromatic rings. The van der Waals surface area contributed by atoms with Crippen molar-refractivity contribution in [3.05, 3.63) is 11.6 Å². The van der Waals surface area contributed by atoms with Crippen molar-refractivity contribution in [2.45, 2.75) is 126 Å². The van der Waals surface area contributed by atoms with Crippen molar-refractivity contribution in [1.82, 2.24) is 0 Å². The minimum absolute atomic E-state index is 0.0268. The third-order valence-electron chi connectivity index (χ3n) is 13.5. The summed E-state index contributed by atoms with van der Waals surface area (Å²) in [6.45, 7) is 22.0. The van der Waals surface area contributed by atoms with E-state index < -0.39 is 0 Å². The van der Waals surface area contributed by atoms with E-state index in [-0.39, 0.29) is 17.5 Å². The van der Waals surface area contributed by atoms with Gasteiger partial charge in [0.1, 0.15) is 6.10 Å². The van der Waals surface area contributed by atoms with Crippen molar-refractivity contribution >= 4 is 5.97 Å². The maximum absolute atomic E-state index is 11.8. The molecule has 0 amide bonds. The van der Waals surface area contributed by atoms with Gasteiger partial charge < -0.3 is 4.74 Å². The van der Waals surface area contributed by atoms with Gasteiger partial charge in [-0.2, -0.15) is 0 Å². The number of hydrogen-bond donors (Lipinski definition) is 0. The molecule has 0 aromatic heterocycles. The van der Waals surface area contributed by atoms with E-state index >= 15 is 0 Å². The fourth-order valence-corrected chi connectivity index (χ4v) is 11.6. The van der Waals surface area contributed by atoms with E-state index in [1.54, 1.807) is 12.5 Å². The molecule has 5 aliphatic rings. The Bertz CT molecular complexity index is 883. The van der Waals surface area contributed by atoms with Crippen LogP contribution in [0, 0.1) is 56.7 Å². The lowest BCUT2D eigenvalue weighted by Crippen LogP contribution is -2.64. The summed E-state index contributed by atoms with van der Waals surface area (Å²) >= 11 is 0. The summed E-state index contributed by atoms with van der Waals surface area (Å²) in [5.74, 6) is 3.90. The van der Waals surface area contributed by atoms with Crippen molar-refractivity contribution in [1.29, 1.82) is 0 Å². The number of ether oxygens (including phenoxy) is 1. The topological polar surface area (TPSA) is 26.3 Å². The lowest BCUT2D eigenvalue weighted by molar-refractivity contribution is -0.214. The fraction of sp³-hybridized carbons (Fsp3) is 0.906. The molecule has 2 heteroatoms. The van der Waals surface area contributed by atoms with E-state index in [0.29, 0.717) is 27.6 Å². The second-order valence-corrected chi connectivity index (χ2v) is 15.2. The molecule has 4 fully saturated rings. The molecule has 0 heterocycles. The number of carbonyl (C=O) groups excluding carboxylic acids is 1. The molecule has 34 heavy (non-hydrogen) atoms. The molecule has 0 saturated heterocycles. The highest BCUT2D eigenvalue weighted by Crippen LogP contribution is 2.77. The van der Waals surface area contributed by atoms with Gasteiger partial charge in [0.2, 0.25) is 0 Å². The van der Waals surface area contributed by atoms with Crippen molar-refractivity contribution in [2.75, 3.05) is 0 Å². The first-order chi connectivity index (χ1) is 15.7. The highest BCUT2D eigenvalue weighted by molar-refractivity contribution is 5.66. The Morgan fingerprint density at radius 2 is 1.47 bits per heavy atom. The van der Waals surface area contributed by atoms with Crippen molar-refractivity contribution in [3.8, 4) is 0 Å². The van der Waals surface area contributed by atoms with Gasteiger partial charge in [-0.3, -0.25) is 4.79 Å². The van der Waals surface area contributed by atoms with E-state index in [2.05, 4.69) is 61.5 Å². The van der Waals surface area contributed by atoms with E-state index in [0.717, 1.165) is 30.1 Å². The van der Waals surface area contributed by atoms with Crippen LogP contribution < -0.4 is 0 Å². The summed E-state index contributed by atoms with van der Waals surface area (Å²) in [6, 6.07) is 0. The second-order valence-electron chi connectivity index (χ2n) is 15.2. The second kappa shape index (κ2) is 7.61. The molecular formula is C32H52O2. The molecule has 192 valence electrons. The Kier molecular flexibility index (Phi) is 5.57. The Morgan fingerprint density at radius 1 is 0.853 bits per heavy atom. The van der Waals surface area contributed by atoms with Crippen LogP contribution in [0.3, 0.4) is 0 Å². The van der Waals surface area contributed by atoms with Gasteiger partial charge in [-0.1, -0.05) is 67.0 Å². The predicted molar refractivity (Wildman–Crippen MR) is 140 cm³/mol. The van der Waals surface area contributed by atoms with Crippen LogP contribution in [0.2, 0.25) is 0 Å². The third-order valence-corrected chi connectivity index (χ3v) is 13.5. The minimum atomic E-state index is -0.125. The van der Waals surface area contributed by atoms with Gasteiger partial charge in [0.15, 0.2) is 0 Å². The zero-order valence-corrected chi connectivity index (χ0v) is 23.7. The zero-order valence-electron chi connectivity index (χ0n) is 23.7. The summed E-state index contributed by atoms with van der Waals surface area (Å²) in [5.41, 5.74) is 3.36. The first-order valence-electron chi connectivity index (χ1n) is 14.6. The van der Waals surface area contributed by atoms with Gasteiger partial charge in [0.05, 0.1) is 0 Å². The number of hydrogen-bond acceptors (Lipinski definition) is 2. The SMILES string of the molecule is CC(=O)O[C@@H]1CC[C@H]2C(=CC[C@@H]3[C@]2(C)CC[C@]2(C)[C@H]4CC[C@@H](C(C)C)[C@]4(C)CC[C@@]32C)C1(C)C. The Hall–Kier alpha value is -0.790. The summed E-state index contributed by atoms with van der Waals surface area (Å²) in [6.07, 6.45) is 14.6. The van der Waals surface area contributed by atoms with Crippen LogP contribution in [0.1, 0.15) is 120 Å². The van der Waals surface area contributed by atoms with Crippen molar-refractivity contribution in [2.24, 2.45) is 56.7 Å². The standard InChI is InChI=1S/C32H52O2/c1-20(2)22-10-13-25-29(22,6)16-18-32(9)26-14-11-23-24(30(26,7)17-19-31(25,32)8)12-15-27(28(23,4)5)34-21(3)33/h11,20,22,24-27H,10,12-19H2,1-9H3/t22-,24-,25-,26+,27+,29-,30+,31+,32-/m0/s1. The molecular weight excluding hydrogens is 416 g/mol. The average molecular weight is 469 g/mol. The smallest absolute Gasteiger partial charge is 0.302 e. The lowest BCUT2D eigenvalue weighted by atomic mass is 9.33. The van der Waals surface area contributed by atoms with Crippen LogP contribution in [-0.4, -0.2) is 12.1 Å². The maximum Gasteiger partial charge on any atom is 0.302 e. The molecule has 4 saturated carbocycles. The summed E-state index contributed by atoms with van der Waals surface area (Å²) < 4.78 is 5.85. The van der Waals surface area contributed by atoms with Crippen LogP contribution >= 0.6 is 0 Å². The van der Waals surface area contributed by atoms with Crippen LogP contribution in [0.25, 0.3) is 0 Å². The van der Waals surface area contributed by atoms with Crippen LogP contribution in [0.4, 0.5) is 0 Å². The van der Waals surface area contributed by atoms with E-state index in [4.69, 9.17) is 4.74 Å². The average Bonchev–Trinajstić information content (AvgIpc) is 3.10. The normalized spacial score (nSPS) is 51.6. The van der Waals surface area contributed by atoms with Gasteiger partial charge in [-0.15, -0.1) is 0 Å². The molecule has 0 aromatic carbocycles. The van der Waals surface area contributed by atoms with Gasteiger partial charge in [0.25, 0.3) is 0 Å². The van der Waals surface area contributed by atoms with Crippen molar-refractivity contribution < 1.29 is 9.53 Å². The van der Waals surface area contributed by atoms with Crippen molar-refractivity contribution in [3.63, 3.8) is 0 Å². The summed E-state index contributed by atoms with van der Waals surface area (Å²) in [4.78, 5) is 11.8. The Labute approximate surface area is 210 Å². The maximum atomic E-state index is 11.8. The van der Waals surface area contributed by atoms with Gasteiger partial charge in [0, 0.05) is 12.3 Å². The quantitative estimate of drug-likeness (QED) is 0.299. The summed E-state index contributed by atoms with van der Waals surface area (Å²) in [5, 5.41) is 0. The van der Waals surface area contributed by atoms with E-state index in [1.165, 1.54) is 51.4 Å². The molecule has 5 aliphatic carbocycles. The molecule has 5 rings (SSSR count). The van der Waals surface area contributed by atoms with Crippen LogP contribution in [-0.2, 0) is 9.53 Å². The lowest BCUT2D eigenvalue weighted by Gasteiger charge is -2.71. The largest absolute Gasteiger partial charge is 0.462 e. The molecule has 0 spiro atoms. The first-order valence-corrected chi connectivity index (χ1v) is 14.6. The molecule has 9 atom stereocenters. The molecule has 0 unspecified atom stereocenters. The van der Waals surface area contributed by atoms with Crippen LogP contribution in [0.15, 0.2) is 11.6 Å². The van der Waals surface area contributed by atoms with Gasteiger partial charge in [-0.25, -0.2) is 0 Å². The summed E-state index contributed by atoms with van der Waals surface area (Å²) in [7, 11) is 0. The van der Waals surface area contributed by atoms with E-state index in [1.807, 2.05) is 0 Å². The Balaban J connectivity index is 1.51.